The summed E-state index contributed by atoms with van der Waals surface area (Å²) >= 11 is 3.49. The summed E-state index contributed by atoms with van der Waals surface area (Å²) in [7, 11) is 1.54. The van der Waals surface area contributed by atoms with E-state index >= 15 is 0 Å². The minimum absolute atomic E-state index is 0.182. The van der Waals surface area contributed by atoms with Crippen LogP contribution in [0.25, 0.3) is 0 Å². The van der Waals surface area contributed by atoms with Crippen LogP contribution in [0.15, 0.2) is 65.1 Å². The molecule has 3 aromatic rings. The van der Waals surface area contributed by atoms with Crippen molar-refractivity contribution in [2.45, 2.75) is 6.61 Å². The lowest BCUT2D eigenvalue weighted by atomic mass is 10.1. The molecule has 1 aliphatic rings. The van der Waals surface area contributed by atoms with Crippen LogP contribution < -0.4 is 24.3 Å². The Hall–Kier alpha value is -3.19. The summed E-state index contributed by atoms with van der Waals surface area (Å²) in [5, 5.41) is 2.85. The molecule has 3 aromatic carbocycles. The van der Waals surface area contributed by atoms with Crippen molar-refractivity contribution in [3.8, 4) is 23.0 Å². The third kappa shape index (κ3) is 4.30. The summed E-state index contributed by atoms with van der Waals surface area (Å²) in [6.45, 7) is 0.569. The number of carbonyl (C=O) groups is 1. The van der Waals surface area contributed by atoms with Gasteiger partial charge in [0.2, 0.25) is 6.79 Å². The smallest absolute Gasteiger partial charge is 0.255 e. The number of benzene rings is 3. The van der Waals surface area contributed by atoms with Crippen molar-refractivity contribution >= 4 is 27.5 Å². The van der Waals surface area contributed by atoms with E-state index in [2.05, 4.69) is 21.2 Å². The molecule has 0 aliphatic carbocycles. The fourth-order valence-electron chi connectivity index (χ4n) is 2.90. The number of hydrogen-bond donors (Lipinski definition) is 1. The van der Waals surface area contributed by atoms with Crippen molar-refractivity contribution in [1.29, 1.82) is 0 Å². The van der Waals surface area contributed by atoms with Gasteiger partial charge in [0.05, 0.1) is 11.6 Å². The molecule has 0 unspecified atom stereocenters. The zero-order chi connectivity index (χ0) is 20.2. The number of methoxy groups -OCH3 is 1. The van der Waals surface area contributed by atoms with Gasteiger partial charge in [0, 0.05) is 17.3 Å². The van der Waals surface area contributed by atoms with E-state index in [0.29, 0.717) is 45.3 Å². The van der Waals surface area contributed by atoms with Gasteiger partial charge < -0.3 is 24.3 Å². The maximum atomic E-state index is 12.7. The van der Waals surface area contributed by atoms with Gasteiger partial charge in [-0.1, -0.05) is 30.3 Å². The predicted octanol–water partition coefficient (Wildman–Crippen LogP) is 5.02. The lowest BCUT2D eigenvalue weighted by Crippen LogP contribution is -2.12. The van der Waals surface area contributed by atoms with Crippen LogP contribution in [0.1, 0.15) is 15.9 Å². The molecule has 0 saturated carbocycles. The highest BCUT2D eigenvalue weighted by molar-refractivity contribution is 9.10. The van der Waals surface area contributed by atoms with Crippen LogP contribution in [0.2, 0.25) is 0 Å². The topological polar surface area (TPSA) is 66.0 Å². The van der Waals surface area contributed by atoms with Crippen molar-refractivity contribution in [1.82, 2.24) is 0 Å². The van der Waals surface area contributed by atoms with E-state index in [0.717, 1.165) is 5.56 Å². The van der Waals surface area contributed by atoms with E-state index in [1.165, 1.54) is 7.11 Å². The molecular formula is C22H18BrNO5. The Bertz CT molecular complexity index is 1040. The Kier molecular flexibility index (Phi) is 5.57. The van der Waals surface area contributed by atoms with Crippen molar-refractivity contribution in [3.63, 3.8) is 0 Å². The van der Waals surface area contributed by atoms with E-state index in [1.807, 2.05) is 30.3 Å². The molecule has 0 saturated heterocycles. The average Bonchev–Trinajstić information content (AvgIpc) is 3.21. The average molecular weight is 456 g/mol. The van der Waals surface area contributed by atoms with Gasteiger partial charge in [0.25, 0.3) is 5.91 Å². The molecule has 148 valence electrons. The SMILES string of the molecule is COc1cc(C(=O)Nc2ccc3c(c2)OCO3)cc(Br)c1OCc1ccccc1. The highest BCUT2D eigenvalue weighted by atomic mass is 79.9. The normalized spacial score (nSPS) is 11.8. The number of rotatable bonds is 6. The minimum atomic E-state index is -0.280. The lowest BCUT2D eigenvalue weighted by molar-refractivity contribution is 0.102. The quantitative estimate of drug-likeness (QED) is 0.565. The monoisotopic (exact) mass is 455 g/mol. The lowest BCUT2D eigenvalue weighted by Gasteiger charge is -2.14. The van der Waals surface area contributed by atoms with Gasteiger partial charge >= 0.3 is 0 Å². The number of ether oxygens (including phenoxy) is 4. The molecule has 7 heteroatoms. The maximum Gasteiger partial charge on any atom is 0.255 e. The first-order chi connectivity index (χ1) is 14.1. The summed E-state index contributed by atoms with van der Waals surface area (Å²) in [5.41, 5.74) is 2.07. The maximum absolute atomic E-state index is 12.7. The predicted molar refractivity (Wildman–Crippen MR) is 112 cm³/mol. The number of hydrogen-bond acceptors (Lipinski definition) is 5. The molecule has 1 heterocycles. The molecule has 0 fully saturated rings. The Morgan fingerprint density at radius 2 is 1.86 bits per heavy atom. The van der Waals surface area contributed by atoms with Crippen LogP contribution in [-0.2, 0) is 6.61 Å². The number of halogens is 1. The van der Waals surface area contributed by atoms with Crippen molar-refractivity contribution in [2.24, 2.45) is 0 Å². The van der Waals surface area contributed by atoms with Crippen LogP contribution in [-0.4, -0.2) is 19.8 Å². The molecule has 0 atom stereocenters. The molecular weight excluding hydrogens is 438 g/mol. The third-order valence-electron chi connectivity index (χ3n) is 4.35. The van der Waals surface area contributed by atoms with Crippen LogP contribution >= 0.6 is 15.9 Å². The minimum Gasteiger partial charge on any atom is -0.493 e. The molecule has 1 aliphatic heterocycles. The molecule has 1 amide bonds. The van der Waals surface area contributed by atoms with Crippen LogP contribution in [0.5, 0.6) is 23.0 Å². The summed E-state index contributed by atoms with van der Waals surface area (Å²) in [6.07, 6.45) is 0. The zero-order valence-electron chi connectivity index (χ0n) is 15.6. The van der Waals surface area contributed by atoms with E-state index in [1.54, 1.807) is 30.3 Å². The van der Waals surface area contributed by atoms with E-state index in [9.17, 15) is 4.79 Å². The number of amides is 1. The standard InChI is InChI=1S/C22H18BrNO5/c1-26-20-10-15(9-17(23)21(20)27-12-14-5-3-2-4-6-14)22(25)24-16-7-8-18-19(11-16)29-13-28-18/h2-11H,12-13H2,1H3,(H,24,25). The second kappa shape index (κ2) is 8.45. The molecule has 4 rings (SSSR count). The van der Waals surface area contributed by atoms with Gasteiger partial charge in [0.1, 0.15) is 6.61 Å². The number of fused-ring (bicyclic) bond motifs is 1. The molecule has 0 spiro atoms. The van der Waals surface area contributed by atoms with E-state index in [4.69, 9.17) is 18.9 Å². The second-order valence-corrected chi connectivity index (χ2v) is 7.14. The fraction of sp³-hybridized carbons (Fsp3) is 0.136. The zero-order valence-corrected chi connectivity index (χ0v) is 17.2. The van der Waals surface area contributed by atoms with Crippen molar-refractivity contribution < 1.29 is 23.7 Å². The molecule has 29 heavy (non-hydrogen) atoms. The summed E-state index contributed by atoms with van der Waals surface area (Å²) in [6, 6.07) is 18.4. The number of nitrogens with one attached hydrogen (secondary N) is 1. The first kappa shape index (κ1) is 19.1. The van der Waals surface area contributed by atoms with Crippen molar-refractivity contribution in [2.75, 3.05) is 19.2 Å². The Balaban J connectivity index is 1.51. The molecule has 6 nitrogen and oxygen atoms in total. The van der Waals surface area contributed by atoms with Crippen molar-refractivity contribution in [3.05, 3.63) is 76.3 Å². The van der Waals surface area contributed by atoms with Gasteiger partial charge in [-0.25, -0.2) is 0 Å². The van der Waals surface area contributed by atoms with Crippen LogP contribution in [0.3, 0.4) is 0 Å². The largest absolute Gasteiger partial charge is 0.493 e. The highest BCUT2D eigenvalue weighted by Crippen LogP contribution is 2.38. The summed E-state index contributed by atoms with van der Waals surface area (Å²) in [4.78, 5) is 12.7. The molecule has 0 bridgehead atoms. The Morgan fingerprint density at radius 3 is 2.66 bits per heavy atom. The second-order valence-electron chi connectivity index (χ2n) is 6.29. The van der Waals surface area contributed by atoms with Gasteiger partial charge in [-0.3, -0.25) is 4.79 Å². The highest BCUT2D eigenvalue weighted by Gasteiger charge is 2.18. The summed E-state index contributed by atoms with van der Waals surface area (Å²) in [5.74, 6) is 1.98. The Morgan fingerprint density at radius 1 is 1.07 bits per heavy atom. The third-order valence-corrected chi connectivity index (χ3v) is 4.94. The van der Waals surface area contributed by atoms with Crippen LogP contribution in [0, 0.1) is 0 Å². The van der Waals surface area contributed by atoms with Gasteiger partial charge in [0.15, 0.2) is 23.0 Å². The van der Waals surface area contributed by atoms with Gasteiger partial charge in [-0.2, -0.15) is 0 Å². The van der Waals surface area contributed by atoms with Gasteiger partial charge in [-0.05, 0) is 45.8 Å². The van der Waals surface area contributed by atoms with Gasteiger partial charge in [-0.15, -0.1) is 0 Å². The molecule has 0 radical (unpaired) electrons. The molecule has 1 N–H and O–H groups in total. The fourth-order valence-corrected chi connectivity index (χ4v) is 3.45. The first-order valence-corrected chi connectivity index (χ1v) is 9.68. The van der Waals surface area contributed by atoms with E-state index in [-0.39, 0.29) is 12.7 Å². The first-order valence-electron chi connectivity index (χ1n) is 8.89. The summed E-state index contributed by atoms with van der Waals surface area (Å²) < 4.78 is 22.6. The number of carbonyl (C=O) groups excluding carboxylic acids is 1. The van der Waals surface area contributed by atoms with Crippen LogP contribution in [0.4, 0.5) is 5.69 Å². The number of anilines is 1. The molecule has 0 aromatic heterocycles. The van der Waals surface area contributed by atoms with E-state index < -0.39 is 0 Å². The Labute approximate surface area is 176 Å².